The van der Waals surface area contributed by atoms with E-state index in [2.05, 4.69) is 17.9 Å². The predicted molar refractivity (Wildman–Crippen MR) is 83.0 cm³/mol. The fourth-order valence-corrected chi connectivity index (χ4v) is 2.15. The van der Waals surface area contributed by atoms with Gasteiger partial charge in [0.2, 0.25) is 5.88 Å². The van der Waals surface area contributed by atoms with E-state index in [0.717, 1.165) is 16.2 Å². The molecule has 0 aliphatic heterocycles. The molecule has 0 amide bonds. The minimum atomic E-state index is -4.62. The molecule has 5 nitrogen and oxygen atoms in total. The predicted octanol–water partition coefficient (Wildman–Crippen LogP) is 3.74. The molecule has 1 aromatic heterocycles. The summed E-state index contributed by atoms with van der Waals surface area (Å²) >= 11 is 3.91. The number of hydrogen-bond donors (Lipinski definition) is 1. The Bertz CT molecular complexity index is 716. The van der Waals surface area contributed by atoms with E-state index >= 15 is 0 Å². The second-order valence-corrected chi connectivity index (χ2v) is 5.24. The lowest BCUT2D eigenvalue weighted by Gasteiger charge is -2.16. The number of benzene rings is 1. The van der Waals surface area contributed by atoms with Crippen LogP contribution >= 0.6 is 12.8 Å². The van der Waals surface area contributed by atoms with E-state index in [9.17, 15) is 18.0 Å². The van der Waals surface area contributed by atoms with Crippen LogP contribution in [0.3, 0.4) is 0 Å². The number of carbonyl (C=O) groups is 1. The summed E-state index contributed by atoms with van der Waals surface area (Å²) < 4.78 is 51.1. The third kappa shape index (κ3) is 4.44. The SMILES string of the molecule is CCCOC(=O)c1cccc(C(F)(F)F)c1COc1ccn(S)n1. The van der Waals surface area contributed by atoms with Crippen molar-refractivity contribution in [3.63, 3.8) is 0 Å². The molecule has 0 saturated heterocycles. The van der Waals surface area contributed by atoms with Crippen LogP contribution in [-0.2, 0) is 17.5 Å². The molecule has 0 fully saturated rings. The fraction of sp³-hybridized carbons (Fsp3) is 0.333. The highest BCUT2D eigenvalue weighted by Gasteiger charge is 2.35. The molecule has 0 radical (unpaired) electrons. The molecular formula is C15H15F3N2O3S. The molecule has 0 atom stereocenters. The van der Waals surface area contributed by atoms with Crippen molar-refractivity contribution in [3.8, 4) is 5.88 Å². The summed E-state index contributed by atoms with van der Waals surface area (Å²) in [7, 11) is 0. The second-order valence-electron chi connectivity index (χ2n) is 4.83. The molecule has 0 aliphatic carbocycles. The molecule has 130 valence electrons. The average Bonchev–Trinajstić information content (AvgIpc) is 2.94. The standard InChI is InChI=1S/C15H15F3N2O3S/c1-2-8-22-14(21)10-4-3-5-12(15(16,17)18)11(10)9-23-13-6-7-20(24)19-13/h3-7,24H,2,8-9H2,1H3. The van der Waals surface area contributed by atoms with Crippen LogP contribution in [0.5, 0.6) is 5.88 Å². The third-order valence-corrected chi connectivity index (χ3v) is 3.28. The van der Waals surface area contributed by atoms with E-state index in [1.807, 2.05) is 0 Å². The highest BCUT2D eigenvalue weighted by Crippen LogP contribution is 2.34. The van der Waals surface area contributed by atoms with Gasteiger partial charge in [-0.15, -0.1) is 5.10 Å². The maximum atomic E-state index is 13.2. The van der Waals surface area contributed by atoms with Gasteiger partial charge in [0.1, 0.15) is 6.61 Å². The lowest BCUT2D eigenvalue weighted by Crippen LogP contribution is -2.17. The Balaban J connectivity index is 2.34. The van der Waals surface area contributed by atoms with E-state index in [0.29, 0.717) is 6.42 Å². The summed E-state index contributed by atoms with van der Waals surface area (Å²) in [6.45, 7) is 1.44. The Morgan fingerprint density at radius 3 is 2.67 bits per heavy atom. The smallest absolute Gasteiger partial charge is 0.416 e. The first-order valence-corrected chi connectivity index (χ1v) is 7.47. The van der Waals surface area contributed by atoms with Gasteiger partial charge < -0.3 is 9.47 Å². The van der Waals surface area contributed by atoms with Crippen molar-refractivity contribution in [2.24, 2.45) is 0 Å². The van der Waals surface area contributed by atoms with Gasteiger partial charge in [-0.25, -0.2) is 8.88 Å². The van der Waals surface area contributed by atoms with Gasteiger partial charge in [-0.05, 0) is 31.4 Å². The molecule has 24 heavy (non-hydrogen) atoms. The first kappa shape index (κ1) is 18.2. The van der Waals surface area contributed by atoms with Crippen molar-refractivity contribution < 1.29 is 27.4 Å². The molecule has 0 N–H and O–H groups in total. The van der Waals surface area contributed by atoms with E-state index in [-0.39, 0.29) is 23.6 Å². The number of alkyl halides is 3. The summed E-state index contributed by atoms with van der Waals surface area (Å²) in [6, 6.07) is 4.78. The topological polar surface area (TPSA) is 53.4 Å². The van der Waals surface area contributed by atoms with E-state index in [4.69, 9.17) is 9.47 Å². The molecule has 0 unspecified atom stereocenters. The summed E-state index contributed by atoms with van der Waals surface area (Å²) in [5.74, 6) is -0.726. The second kappa shape index (κ2) is 7.61. The van der Waals surface area contributed by atoms with Crippen molar-refractivity contribution in [1.29, 1.82) is 0 Å². The van der Waals surface area contributed by atoms with E-state index < -0.39 is 24.3 Å². The third-order valence-electron chi connectivity index (χ3n) is 3.05. The fourth-order valence-electron chi connectivity index (χ4n) is 1.99. The van der Waals surface area contributed by atoms with Gasteiger partial charge in [0, 0.05) is 17.8 Å². The number of halogens is 3. The van der Waals surface area contributed by atoms with Crippen LogP contribution < -0.4 is 4.74 Å². The van der Waals surface area contributed by atoms with Crippen LogP contribution in [-0.4, -0.2) is 21.8 Å². The van der Waals surface area contributed by atoms with E-state index in [1.165, 1.54) is 18.3 Å². The maximum absolute atomic E-state index is 13.2. The molecule has 2 rings (SSSR count). The zero-order valence-electron chi connectivity index (χ0n) is 12.7. The summed E-state index contributed by atoms with van der Waals surface area (Å²) in [6.07, 6.45) is -2.59. The number of rotatable bonds is 6. The lowest BCUT2D eigenvalue weighted by atomic mass is 10.0. The van der Waals surface area contributed by atoms with Gasteiger partial charge in [-0.1, -0.05) is 13.0 Å². The summed E-state index contributed by atoms with van der Waals surface area (Å²) in [5.41, 5.74) is -1.41. The number of nitrogens with zero attached hydrogens (tertiary/aromatic N) is 2. The first-order valence-electron chi connectivity index (χ1n) is 7.07. The number of thiol groups is 1. The molecule has 1 heterocycles. The number of esters is 1. The Morgan fingerprint density at radius 1 is 1.33 bits per heavy atom. The minimum absolute atomic E-state index is 0.0925. The maximum Gasteiger partial charge on any atom is 0.416 e. The van der Waals surface area contributed by atoms with Gasteiger partial charge in [0.15, 0.2) is 0 Å². The van der Waals surface area contributed by atoms with Crippen LogP contribution in [0.1, 0.15) is 34.8 Å². The van der Waals surface area contributed by atoms with Gasteiger partial charge in [0.25, 0.3) is 0 Å². The number of hydrogen-bond acceptors (Lipinski definition) is 5. The zero-order chi connectivity index (χ0) is 17.7. The van der Waals surface area contributed by atoms with Crippen LogP contribution in [0.25, 0.3) is 0 Å². The Morgan fingerprint density at radius 2 is 2.08 bits per heavy atom. The van der Waals surface area contributed by atoms with Crippen molar-refractivity contribution in [2.45, 2.75) is 26.1 Å². The molecule has 2 aromatic rings. The first-order chi connectivity index (χ1) is 11.3. The van der Waals surface area contributed by atoms with Crippen molar-refractivity contribution in [2.75, 3.05) is 6.61 Å². The van der Waals surface area contributed by atoms with Gasteiger partial charge in [-0.2, -0.15) is 13.2 Å². The number of aromatic nitrogens is 2. The monoisotopic (exact) mass is 360 g/mol. The Kier molecular flexibility index (Phi) is 5.76. The highest BCUT2D eigenvalue weighted by atomic mass is 32.1. The molecule has 0 saturated carbocycles. The summed E-state index contributed by atoms with van der Waals surface area (Å²) in [4.78, 5) is 12.0. The molecule has 9 heteroatoms. The number of ether oxygens (including phenoxy) is 2. The molecule has 0 aliphatic rings. The normalized spacial score (nSPS) is 11.4. The average molecular weight is 360 g/mol. The van der Waals surface area contributed by atoms with Crippen LogP contribution in [0.2, 0.25) is 0 Å². The Hall–Kier alpha value is -2.16. The Labute approximate surface area is 141 Å². The van der Waals surface area contributed by atoms with Gasteiger partial charge in [0.05, 0.1) is 17.7 Å². The summed E-state index contributed by atoms with van der Waals surface area (Å²) in [5, 5.41) is 3.80. The van der Waals surface area contributed by atoms with Crippen LogP contribution in [0.4, 0.5) is 13.2 Å². The zero-order valence-corrected chi connectivity index (χ0v) is 13.6. The van der Waals surface area contributed by atoms with Crippen LogP contribution in [0.15, 0.2) is 30.5 Å². The van der Waals surface area contributed by atoms with Crippen LogP contribution in [0, 0.1) is 0 Å². The van der Waals surface area contributed by atoms with Crippen molar-refractivity contribution in [3.05, 3.63) is 47.2 Å². The van der Waals surface area contributed by atoms with Gasteiger partial charge >= 0.3 is 12.1 Å². The largest absolute Gasteiger partial charge is 0.472 e. The molecular weight excluding hydrogens is 345 g/mol. The molecule has 0 bridgehead atoms. The van der Waals surface area contributed by atoms with E-state index in [1.54, 1.807) is 6.92 Å². The quantitative estimate of drug-likeness (QED) is 0.630. The molecule has 0 spiro atoms. The lowest BCUT2D eigenvalue weighted by molar-refractivity contribution is -0.138. The highest BCUT2D eigenvalue weighted by molar-refractivity contribution is 7.78. The minimum Gasteiger partial charge on any atom is -0.472 e. The van der Waals surface area contributed by atoms with Crippen molar-refractivity contribution in [1.82, 2.24) is 9.19 Å². The molecule has 1 aromatic carbocycles. The number of carbonyl (C=O) groups excluding carboxylic acids is 1. The van der Waals surface area contributed by atoms with Gasteiger partial charge in [-0.3, -0.25) is 0 Å². The van der Waals surface area contributed by atoms with Crippen molar-refractivity contribution >= 4 is 18.8 Å².